The van der Waals surface area contributed by atoms with Crippen molar-refractivity contribution >= 4 is 6.34 Å². The van der Waals surface area contributed by atoms with Crippen LogP contribution in [0.2, 0.25) is 0 Å². The molecule has 0 spiro atoms. The highest BCUT2D eigenvalue weighted by Crippen LogP contribution is 1.76. The molecule has 1 aliphatic heterocycles. The summed E-state index contributed by atoms with van der Waals surface area (Å²) in [5, 5.41) is 5.43. The molecule has 0 aromatic rings. The molecule has 1 rings (SSSR count). The summed E-state index contributed by atoms with van der Waals surface area (Å²) < 4.78 is 0. The molecule has 0 unspecified atom stereocenters. The normalized spacial score (nSPS) is 16.9. The van der Waals surface area contributed by atoms with Crippen molar-refractivity contribution in [3.05, 3.63) is 0 Å². The van der Waals surface area contributed by atoms with Crippen LogP contribution in [0, 0.1) is 0 Å². The molecule has 0 bridgehead atoms. The van der Waals surface area contributed by atoms with Crippen LogP contribution in [-0.2, 0) is 0 Å². The van der Waals surface area contributed by atoms with Crippen LogP contribution in [0.25, 0.3) is 0 Å². The number of nitrogens with zero attached hydrogens (tertiary/aromatic N) is 2. The van der Waals surface area contributed by atoms with E-state index in [1.807, 2.05) is 0 Å². The van der Waals surface area contributed by atoms with E-state index in [9.17, 15) is 0 Å². The van der Waals surface area contributed by atoms with Crippen molar-refractivity contribution < 1.29 is 0 Å². The van der Waals surface area contributed by atoms with Gasteiger partial charge in [0.05, 0.1) is 0 Å². The van der Waals surface area contributed by atoms with E-state index in [-0.39, 0.29) is 0 Å². The molecule has 0 radical (unpaired) electrons. The third-order valence-electron chi connectivity index (χ3n) is 0.825. The Labute approximate surface area is 47.5 Å². The first-order chi connectivity index (χ1) is 3.93. The van der Waals surface area contributed by atoms with Crippen molar-refractivity contribution in [2.75, 3.05) is 13.1 Å². The highest BCUT2D eigenvalue weighted by molar-refractivity contribution is 5.54. The van der Waals surface area contributed by atoms with Crippen molar-refractivity contribution in [2.45, 2.75) is 0 Å². The van der Waals surface area contributed by atoms with E-state index in [4.69, 9.17) is 5.73 Å². The summed E-state index contributed by atoms with van der Waals surface area (Å²) in [6.07, 6.45) is 1.65. The van der Waals surface area contributed by atoms with Crippen LogP contribution in [0.3, 0.4) is 0 Å². The van der Waals surface area contributed by atoms with Gasteiger partial charge < -0.3 is 5.73 Å². The van der Waals surface area contributed by atoms with Gasteiger partial charge in [0.15, 0.2) is 0 Å². The van der Waals surface area contributed by atoms with Gasteiger partial charge in [0.2, 0.25) is 0 Å². The van der Waals surface area contributed by atoms with Gasteiger partial charge in [-0.2, -0.15) is 5.10 Å². The fraction of sp³-hybridized carbons (Fsp3) is 0.667. The first-order valence-corrected chi connectivity index (χ1v) is 2.44. The van der Waals surface area contributed by atoms with E-state index < -0.39 is 0 Å². The third kappa shape index (κ3) is 1.08. The maximum atomic E-state index is 5.24. The van der Waals surface area contributed by atoms with Gasteiger partial charge in [0.25, 0.3) is 0 Å². The largest absolute Gasteiger partial charge is 0.329 e. The van der Waals surface area contributed by atoms with Crippen molar-refractivity contribution in [3.8, 4) is 0 Å². The Kier molecular flexibility index (Phi) is 1.66. The molecule has 46 valence electrons. The number of hydrogen-bond acceptors (Lipinski definition) is 5. The molecule has 8 heavy (non-hydrogen) atoms. The highest BCUT2D eigenvalue weighted by Gasteiger charge is 1.99. The zero-order valence-corrected chi connectivity index (χ0v) is 4.46. The molecule has 0 aromatic carbocycles. The molecule has 0 saturated heterocycles. The molecule has 0 amide bonds. The molecule has 0 atom stereocenters. The molecular formula is C3H9N5. The summed E-state index contributed by atoms with van der Waals surface area (Å²) in [5.41, 5.74) is 10.5. The van der Waals surface area contributed by atoms with Gasteiger partial charge >= 0.3 is 0 Å². The molecule has 0 saturated carbocycles. The zero-order valence-electron chi connectivity index (χ0n) is 4.46. The third-order valence-corrected chi connectivity index (χ3v) is 0.825. The summed E-state index contributed by atoms with van der Waals surface area (Å²) in [6, 6.07) is 0. The summed E-state index contributed by atoms with van der Waals surface area (Å²) in [4.78, 5) is 0. The quantitative estimate of drug-likeness (QED) is 0.398. The van der Waals surface area contributed by atoms with Gasteiger partial charge in [-0.3, -0.25) is 5.01 Å². The fourth-order valence-electron chi connectivity index (χ4n) is 0.473. The Morgan fingerprint density at radius 2 is 2.62 bits per heavy atom. The average Bonchev–Trinajstić information content (AvgIpc) is 2.19. The van der Waals surface area contributed by atoms with Crippen molar-refractivity contribution in [2.24, 2.45) is 10.8 Å². The van der Waals surface area contributed by atoms with E-state index >= 15 is 0 Å². The van der Waals surface area contributed by atoms with E-state index in [0.29, 0.717) is 6.54 Å². The topological polar surface area (TPSA) is 65.7 Å². The number of hydrazone groups is 1. The fourth-order valence-corrected chi connectivity index (χ4v) is 0.473. The molecule has 5 heteroatoms. The highest BCUT2D eigenvalue weighted by atomic mass is 15.8. The lowest BCUT2D eigenvalue weighted by atomic mass is 10.6. The van der Waals surface area contributed by atoms with E-state index in [1.165, 1.54) is 0 Å². The lowest BCUT2D eigenvalue weighted by Crippen LogP contribution is -2.40. The predicted octanol–water partition coefficient (Wildman–Crippen LogP) is -1.79. The second kappa shape index (κ2) is 2.49. The van der Waals surface area contributed by atoms with Gasteiger partial charge in [0.1, 0.15) is 6.34 Å². The second-order valence-corrected chi connectivity index (χ2v) is 1.45. The molecule has 1 aliphatic rings. The summed E-state index contributed by atoms with van der Waals surface area (Å²) >= 11 is 0. The van der Waals surface area contributed by atoms with Crippen molar-refractivity contribution in [1.82, 2.24) is 16.1 Å². The van der Waals surface area contributed by atoms with E-state index in [0.717, 1.165) is 6.54 Å². The first-order valence-electron chi connectivity index (χ1n) is 2.44. The van der Waals surface area contributed by atoms with Gasteiger partial charge in [-0.15, -0.1) is 5.53 Å². The smallest absolute Gasteiger partial charge is 0.128 e. The SMILES string of the molecule is NCCN1C=NNN1. The number of nitrogens with two attached hydrogens (primary N) is 1. The Hall–Kier alpha value is -0.810. The summed E-state index contributed by atoms with van der Waals surface area (Å²) in [7, 11) is 0. The number of nitrogens with one attached hydrogen (secondary N) is 2. The lowest BCUT2D eigenvalue weighted by Gasteiger charge is -2.09. The monoisotopic (exact) mass is 115 g/mol. The van der Waals surface area contributed by atoms with Crippen LogP contribution in [0.5, 0.6) is 0 Å². The van der Waals surface area contributed by atoms with Crippen LogP contribution in [0.4, 0.5) is 0 Å². The Balaban J connectivity index is 2.16. The van der Waals surface area contributed by atoms with Crippen LogP contribution in [0.15, 0.2) is 5.10 Å². The molecule has 0 fully saturated rings. The Bertz CT molecular complexity index is 89.7. The first kappa shape index (κ1) is 5.33. The Morgan fingerprint density at radius 1 is 1.75 bits per heavy atom. The number of rotatable bonds is 2. The maximum absolute atomic E-state index is 5.24. The summed E-state index contributed by atoms with van der Waals surface area (Å²) in [5.74, 6) is 0. The van der Waals surface area contributed by atoms with Gasteiger partial charge in [-0.25, -0.2) is 5.53 Å². The summed E-state index contributed by atoms with van der Waals surface area (Å²) in [6.45, 7) is 1.40. The maximum Gasteiger partial charge on any atom is 0.128 e. The molecule has 5 nitrogen and oxygen atoms in total. The van der Waals surface area contributed by atoms with Crippen LogP contribution in [-0.4, -0.2) is 24.4 Å². The molecule has 4 N–H and O–H groups in total. The van der Waals surface area contributed by atoms with E-state index in [1.54, 1.807) is 11.3 Å². The Morgan fingerprint density at radius 3 is 3.12 bits per heavy atom. The minimum Gasteiger partial charge on any atom is -0.329 e. The van der Waals surface area contributed by atoms with Crippen LogP contribution >= 0.6 is 0 Å². The second-order valence-electron chi connectivity index (χ2n) is 1.45. The van der Waals surface area contributed by atoms with Gasteiger partial charge in [-0.05, 0) is 0 Å². The van der Waals surface area contributed by atoms with Crippen molar-refractivity contribution in [3.63, 3.8) is 0 Å². The van der Waals surface area contributed by atoms with E-state index in [2.05, 4.69) is 16.2 Å². The minimum absolute atomic E-state index is 0.626. The lowest BCUT2D eigenvalue weighted by molar-refractivity contribution is 0.307. The van der Waals surface area contributed by atoms with Gasteiger partial charge in [-0.1, -0.05) is 0 Å². The number of hydrogen-bond donors (Lipinski definition) is 3. The molecule has 0 aliphatic carbocycles. The molecular weight excluding hydrogens is 106 g/mol. The molecule has 1 heterocycles. The minimum atomic E-state index is 0.626. The van der Waals surface area contributed by atoms with Crippen LogP contribution < -0.4 is 16.8 Å². The van der Waals surface area contributed by atoms with Gasteiger partial charge in [0, 0.05) is 13.1 Å². The average molecular weight is 115 g/mol. The standard InChI is InChI=1S/C3H9N5/c4-1-2-8-3-5-6-7-8/h3,6-7H,1-2,4H2. The molecule has 0 aromatic heterocycles. The zero-order chi connectivity index (χ0) is 5.82. The van der Waals surface area contributed by atoms with Crippen molar-refractivity contribution in [1.29, 1.82) is 0 Å². The number of hydrazine groups is 2. The van der Waals surface area contributed by atoms with Crippen LogP contribution in [0.1, 0.15) is 0 Å². The predicted molar refractivity (Wildman–Crippen MR) is 30.5 cm³/mol.